The van der Waals surface area contributed by atoms with E-state index in [0.29, 0.717) is 19.5 Å². The molecule has 0 atom stereocenters. The van der Waals surface area contributed by atoms with E-state index in [-0.39, 0.29) is 23.8 Å². The Kier molecular flexibility index (Phi) is 5.12. The average molecular weight is 395 g/mol. The quantitative estimate of drug-likeness (QED) is 0.710. The highest BCUT2D eigenvalue weighted by molar-refractivity contribution is 5.97. The predicted octanol–water partition coefficient (Wildman–Crippen LogP) is 3.49. The molecule has 0 fully saturated rings. The Bertz CT molecular complexity index is 1120. The molecule has 5 nitrogen and oxygen atoms in total. The molecule has 0 saturated carbocycles. The molecule has 0 bridgehead atoms. The molecule has 1 aliphatic rings. The van der Waals surface area contributed by atoms with Crippen LogP contribution in [0.2, 0.25) is 0 Å². The summed E-state index contributed by atoms with van der Waals surface area (Å²) in [6, 6.07) is 10.3. The number of carbonyl (C=O) groups excluding carboxylic acids is 2. The summed E-state index contributed by atoms with van der Waals surface area (Å²) in [5.74, 6) is -1.76. The van der Waals surface area contributed by atoms with Crippen LogP contribution in [0.15, 0.2) is 54.7 Å². The van der Waals surface area contributed by atoms with Crippen LogP contribution in [0.3, 0.4) is 0 Å². The smallest absolute Gasteiger partial charge is 0.254 e. The lowest BCUT2D eigenvalue weighted by Crippen LogP contribution is -2.42. The van der Waals surface area contributed by atoms with Crippen LogP contribution < -0.4 is 5.32 Å². The highest BCUT2D eigenvalue weighted by Gasteiger charge is 2.20. The van der Waals surface area contributed by atoms with Crippen molar-refractivity contribution in [1.29, 1.82) is 0 Å². The van der Waals surface area contributed by atoms with Crippen molar-refractivity contribution >= 4 is 28.3 Å². The third-order valence-corrected chi connectivity index (χ3v) is 5.07. The Hall–Kier alpha value is -3.48. The number of halogens is 2. The van der Waals surface area contributed by atoms with Crippen LogP contribution in [0.5, 0.6) is 0 Å². The number of aromatic amines is 1. The van der Waals surface area contributed by atoms with E-state index in [4.69, 9.17) is 0 Å². The van der Waals surface area contributed by atoms with Crippen LogP contribution >= 0.6 is 0 Å². The van der Waals surface area contributed by atoms with Crippen molar-refractivity contribution in [1.82, 2.24) is 15.2 Å². The first-order chi connectivity index (χ1) is 14.0. The zero-order valence-corrected chi connectivity index (χ0v) is 15.5. The minimum absolute atomic E-state index is 0.0862. The van der Waals surface area contributed by atoms with Gasteiger partial charge < -0.3 is 15.2 Å². The number of H-pyrrole nitrogens is 1. The van der Waals surface area contributed by atoms with Crippen molar-refractivity contribution in [2.24, 2.45) is 0 Å². The first-order valence-electron chi connectivity index (χ1n) is 9.29. The number of fused-ring (bicyclic) bond motifs is 1. The molecule has 2 amide bonds. The Morgan fingerprint density at radius 2 is 1.97 bits per heavy atom. The van der Waals surface area contributed by atoms with E-state index in [1.807, 2.05) is 12.3 Å². The molecule has 4 rings (SSSR count). The Balaban J connectivity index is 1.38. The van der Waals surface area contributed by atoms with Crippen molar-refractivity contribution in [3.63, 3.8) is 0 Å². The van der Waals surface area contributed by atoms with Gasteiger partial charge in [0.2, 0.25) is 5.91 Å². The van der Waals surface area contributed by atoms with Gasteiger partial charge in [0.15, 0.2) is 0 Å². The maximum atomic E-state index is 13.6. The number of aromatic nitrogens is 1. The summed E-state index contributed by atoms with van der Waals surface area (Å²) >= 11 is 0. The molecule has 29 heavy (non-hydrogen) atoms. The maximum Gasteiger partial charge on any atom is 0.254 e. The molecule has 2 N–H and O–H groups in total. The van der Waals surface area contributed by atoms with Crippen molar-refractivity contribution in [2.75, 3.05) is 19.6 Å². The second-order valence-corrected chi connectivity index (χ2v) is 6.87. The number of amides is 2. The van der Waals surface area contributed by atoms with Crippen LogP contribution in [0.25, 0.3) is 16.5 Å². The third kappa shape index (κ3) is 3.89. The molecule has 0 spiro atoms. The second kappa shape index (κ2) is 7.87. The van der Waals surface area contributed by atoms with Crippen molar-refractivity contribution < 1.29 is 18.4 Å². The summed E-state index contributed by atoms with van der Waals surface area (Å²) in [5, 5.41) is 3.41. The minimum atomic E-state index is -0.624. The Morgan fingerprint density at radius 1 is 1.14 bits per heavy atom. The lowest BCUT2D eigenvalue weighted by Gasteiger charge is -2.26. The number of rotatable bonds is 4. The normalized spacial score (nSPS) is 14.0. The summed E-state index contributed by atoms with van der Waals surface area (Å²) in [6.07, 6.45) is 4.46. The number of nitrogens with one attached hydrogen (secondary N) is 2. The fourth-order valence-corrected chi connectivity index (χ4v) is 3.51. The van der Waals surface area contributed by atoms with E-state index in [2.05, 4.69) is 10.3 Å². The molecule has 7 heteroatoms. The molecule has 1 aromatic heterocycles. The zero-order valence-electron chi connectivity index (χ0n) is 15.5. The Labute approximate surface area is 166 Å². The van der Waals surface area contributed by atoms with Gasteiger partial charge in [-0.2, -0.15) is 0 Å². The molecule has 148 valence electrons. The van der Waals surface area contributed by atoms with E-state index < -0.39 is 11.7 Å². The van der Waals surface area contributed by atoms with Crippen molar-refractivity contribution in [3.05, 3.63) is 77.5 Å². The number of hydrogen-bond donors (Lipinski definition) is 2. The highest BCUT2D eigenvalue weighted by Crippen LogP contribution is 2.29. The maximum absolute atomic E-state index is 13.6. The standard InChI is InChI=1S/C22H19F2N3O2/c23-15-5-6-16-18(12-25-20(16)11-15)14-7-9-27(10-8-14)21(28)13-26-22(29)17-3-1-2-4-19(17)24/h1-7,11-12,25H,8-10,13H2,(H,26,29). The van der Waals surface area contributed by atoms with Gasteiger partial charge in [-0.25, -0.2) is 8.78 Å². The van der Waals surface area contributed by atoms with E-state index in [1.165, 1.54) is 30.3 Å². The lowest BCUT2D eigenvalue weighted by molar-refractivity contribution is -0.129. The summed E-state index contributed by atoms with van der Waals surface area (Å²) in [6.45, 7) is 0.731. The predicted molar refractivity (Wildman–Crippen MR) is 106 cm³/mol. The molecule has 2 heterocycles. The summed E-state index contributed by atoms with van der Waals surface area (Å²) in [4.78, 5) is 29.2. The fraction of sp³-hybridized carbons (Fsp3) is 0.182. The van der Waals surface area contributed by atoms with Gasteiger partial charge in [-0.15, -0.1) is 0 Å². The second-order valence-electron chi connectivity index (χ2n) is 6.87. The van der Waals surface area contributed by atoms with E-state index >= 15 is 0 Å². The number of carbonyl (C=O) groups is 2. The molecule has 0 unspecified atom stereocenters. The molecule has 3 aromatic rings. The van der Waals surface area contributed by atoms with Crippen LogP contribution in [0.4, 0.5) is 8.78 Å². The van der Waals surface area contributed by atoms with Gasteiger partial charge >= 0.3 is 0 Å². The van der Waals surface area contributed by atoms with Crippen LogP contribution in [-0.2, 0) is 4.79 Å². The van der Waals surface area contributed by atoms with E-state index in [1.54, 1.807) is 17.0 Å². The minimum Gasteiger partial charge on any atom is -0.360 e. The highest BCUT2D eigenvalue weighted by atomic mass is 19.1. The monoisotopic (exact) mass is 395 g/mol. The van der Waals surface area contributed by atoms with Gasteiger partial charge in [-0.05, 0) is 42.3 Å². The third-order valence-electron chi connectivity index (χ3n) is 5.07. The zero-order chi connectivity index (χ0) is 20.4. The molecular weight excluding hydrogens is 376 g/mol. The number of hydrogen-bond acceptors (Lipinski definition) is 2. The molecule has 0 radical (unpaired) electrons. The topological polar surface area (TPSA) is 65.2 Å². The molecular formula is C22H19F2N3O2. The van der Waals surface area contributed by atoms with E-state index in [9.17, 15) is 18.4 Å². The SMILES string of the molecule is O=C(NCC(=O)N1CC=C(c2c[nH]c3cc(F)ccc23)CC1)c1ccccc1F. The van der Waals surface area contributed by atoms with Crippen molar-refractivity contribution in [2.45, 2.75) is 6.42 Å². The van der Waals surface area contributed by atoms with Gasteiger partial charge in [0.1, 0.15) is 11.6 Å². The summed E-state index contributed by atoms with van der Waals surface area (Å²) in [7, 11) is 0. The van der Waals surface area contributed by atoms with Crippen LogP contribution in [0.1, 0.15) is 22.3 Å². The van der Waals surface area contributed by atoms with Crippen molar-refractivity contribution in [3.8, 4) is 0 Å². The molecule has 2 aromatic carbocycles. The van der Waals surface area contributed by atoms with Gasteiger partial charge in [0.25, 0.3) is 5.91 Å². The number of nitrogens with zero attached hydrogens (tertiary/aromatic N) is 1. The fourth-order valence-electron chi connectivity index (χ4n) is 3.51. The van der Waals surface area contributed by atoms with Gasteiger partial charge in [0.05, 0.1) is 12.1 Å². The molecule has 1 aliphatic heterocycles. The van der Waals surface area contributed by atoms with Gasteiger partial charge in [-0.1, -0.05) is 18.2 Å². The average Bonchev–Trinajstić information content (AvgIpc) is 3.15. The molecule has 0 aliphatic carbocycles. The first-order valence-corrected chi connectivity index (χ1v) is 9.29. The van der Waals surface area contributed by atoms with Gasteiger partial charge in [-0.3, -0.25) is 9.59 Å². The lowest BCUT2D eigenvalue weighted by atomic mass is 9.99. The first kappa shape index (κ1) is 18.9. The van der Waals surface area contributed by atoms with Crippen LogP contribution in [0, 0.1) is 11.6 Å². The largest absolute Gasteiger partial charge is 0.360 e. The van der Waals surface area contributed by atoms with E-state index in [0.717, 1.165) is 22.0 Å². The Morgan fingerprint density at radius 3 is 2.72 bits per heavy atom. The summed E-state index contributed by atoms with van der Waals surface area (Å²) < 4.78 is 27.0. The summed E-state index contributed by atoms with van der Waals surface area (Å²) in [5.41, 5.74) is 2.73. The number of benzene rings is 2. The van der Waals surface area contributed by atoms with Gasteiger partial charge in [0, 0.05) is 35.8 Å². The van der Waals surface area contributed by atoms with Crippen LogP contribution in [-0.4, -0.2) is 41.3 Å². The molecule has 0 saturated heterocycles.